The van der Waals surface area contributed by atoms with Crippen LogP contribution in [0.2, 0.25) is 5.02 Å². The van der Waals surface area contributed by atoms with E-state index in [1.54, 1.807) is 12.1 Å². The van der Waals surface area contributed by atoms with Crippen molar-refractivity contribution in [2.75, 3.05) is 0 Å². The fraction of sp³-hybridized carbons (Fsp3) is 0.300. The van der Waals surface area contributed by atoms with E-state index in [0.717, 1.165) is 29.6 Å². The average Bonchev–Trinajstić information content (AvgIpc) is 2.96. The molecule has 5 heteroatoms. The van der Waals surface area contributed by atoms with Crippen LogP contribution >= 0.6 is 11.6 Å². The van der Waals surface area contributed by atoms with Gasteiger partial charge in [-0.3, -0.25) is 4.68 Å². The number of halogens is 2. The van der Waals surface area contributed by atoms with Crippen molar-refractivity contribution in [3.8, 4) is 6.07 Å². The highest BCUT2D eigenvalue weighted by atomic mass is 35.5. The Morgan fingerprint density at radius 1 is 1.28 bits per heavy atom. The lowest BCUT2D eigenvalue weighted by molar-refractivity contribution is 0.568. The lowest BCUT2D eigenvalue weighted by Crippen LogP contribution is -2.07. The maximum absolute atomic E-state index is 14.6. The van der Waals surface area contributed by atoms with E-state index in [2.05, 4.69) is 13.0 Å². The molecule has 0 aliphatic carbocycles. The fourth-order valence-corrected chi connectivity index (χ4v) is 3.38. The third-order valence-electron chi connectivity index (χ3n) is 4.33. The maximum atomic E-state index is 14.6. The number of hydrogen-bond donors (Lipinski definition) is 0. The lowest BCUT2D eigenvalue weighted by Gasteiger charge is -2.15. The summed E-state index contributed by atoms with van der Waals surface area (Å²) in [6.45, 7) is 2.90. The van der Waals surface area contributed by atoms with Crippen molar-refractivity contribution >= 4 is 22.5 Å². The minimum Gasteiger partial charge on any atom is -0.265 e. The summed E-state index contributed by atoms with van der Waals surface area (Å²) in [5.41, 5.74) is 2.39. The summed E-state index contributed by atoms with van der Waals surface area (Å²) in [6.07, 6.45) is 1.81. The SMILES string of the molecule is CCCn1nc(C(CCC#N)c2ccc(Cl)cc2F)c2ccccc21. The predicted molar refractivity (Wildman–Crippen MR) is 98.1 cm³/mol. The van der Waals surface area contributed by atoms with Crippen LogP contribution in [0.1, 0.15) is 43.4 Å². The molecule has 0 saturated carbocycles. The van der Waals surface area contributed by atoms with Crippen molar-refractivity contribution < 1.29 is 4.39 Å². The number of para-hydroxylation sites is 1. The van der Waals surface area contributed by atoms with Crippen molar-refractivity contribution in [3.05, 3.63) is 64.6 Å². The van der Waals surface area contributed by atoms with E-state index in [9.17, 15) is 4.39 Å². The van der Waals surface area contributed by atoms with Crippen LogP contribution < -0.4 is 0 Å². The minimum absolute atomic E-state index is 0.278. The monoisotopic (exact) mass is 355 g/mol. The highest BCUT2D eigenvalue weighted by molar-refractivity contribution is 6.30. The number of hydrogen-bond acceptors (Lipinski definition) is 2. The van der Waals surface area contributed by atoms with Gasteiger partial charge in [0.2, 0.25) is 0 Å². The van der Waals surface area contributed by atoms with E-state index in [1.165, 1.54) is 6.07 Å². The summed E-state index contributed by atoms with van der Waals surface area (Å²) in [5.74, 6) is -0.635. The molecule has 3 aromatic rings. The number of nitriles is 1. The predicted octanol–water partition coefficient (Wildman–Crippen LogP) is 5.67. The Labute approximate surface area is 151 Å². The molecule has 0 aliphatic rings. The highest BCUT2D eigenvalue weighted by Crippen LogP contribution is 2.35. The number of nitrogens with zero attached hydrogens (tertiary/aromatic N) is 3. The molecular weight excluding hydrogens is 337 g/mol. The first-order valence-corrected chi connectivity index (χ1v) is 8.80. The van der Waals surface area contributed by atoms with Gasteiger partial charge in [-0.1, -0.05) is 42.8 Å². The van der Waals surface area contributed by atoms with E-state index < -0.39 is 0 Å². The molecular formula is C20H19ClFN3. The second-order valence-corrected chi connectivity index (χ2v) is 6.48. The normalized spacial score (nSPS) is 12.2. The van der Waals surface area contributed by atoms with Crippen LogP contribution in [0.25, 0.3) is 10.9 Å². The molecule has 0 amide bonds. The van der Waals surface area contributed by atoms with Gasteiger partial charge < -0.3 is 0 Å². The topological polar surface area (TPSA) is 41.6 Å². The molecule has 3 rings (SSSR count). The molecule has 1 unspecified atom stereocenters. The molecule has 0 fully saturated rings. The van der Waals surface area contributed by atoms with Crippen molar-refractivity contribution in [1.82, 2.24) is 9.78 Å². The standard InChI is InChI=1S/C20H19ClFN3/c1-2-12-25-19-8-4-3-6-17(19)20(24-25)16(7-5-11-23)15-10-9-14(21)13-18(15)22/h3-4,6,8-10,13,16H,2,5,7,12H2,1H3. The van der Waals surface area contributed by atoms with Gasteiger partial charge in [0, 0.05) is 29.3 Å². The Bertz CT molecular complexity index is 926. The summed E-state index contributed by atoms with van der Waals surface area (Å²) in [6, 6.07) is 14.9. The molecule has 2 aromatic carbocycles. The van der Waals surface area contributed by atoms with E-state index in [4.69, 9.17) is 22.0 Å². The smallest absolute Gasteiger partial charge is 0.128 e. The van der Waals surface area contributed by atoms with E-state index in [1.807, 2.05) is 28.9 Å². The highest BCUT2D eigenvalue weighted by Gasteiger charge is 2.24. The quantitative estimate of drug-likeness (QED) is 0.571. The molecule has 0 aliphatic heterocycles. The summed E-state index contributed by atoms with van der Waals surface area (Å²) in [7, 11) is 0. The molecule has 1 atom stereocenters. The molecule has 0 spiro atoms. The van der Waals surface area contributed by atoms with Crippen molar-refractivity contribution in [1.29, 1.82) is 5.26 Å². The van der Waals surface area contributed by atoms with Crippen molar-refractivity contribution in [2.24, 2.45) is 0 Å². The summed E-state index contributed by atoms with van der Waals surface area (Å²) < 4.78 is 16.5. The van der Waals surface area contributed by atoms with Crippen LogP contribution in [0.3, 0.4) is 0 Å². The Kier molecular flexibility index (Phi) is 5.35. The second kappa shape index (κ2) is 7.67. The lowest BCUT2D eigenvalue weighted by atomic mass is 9.89. The minimum atomic E-state index is -0.357. The van der Waals surface area contributed by atoms with Crippen LogP contribution in [0.15, 0.2) is 42.5 Å². The Balaban J connectivity index is 2.17. The molecule has 128 valence electrons. The van der Waals surface area contributed by atoms with Gasteiger partial charge in [0.05, 0.1) is 17.3 Å². The van der Waals surface area contributed by atoms with Crippen LogP contribution in [0.5, 0.6) is 0 Å². The first-order chi connectivity index (χ1) is 12.2. The van der Waals surface area contributed by atoms with Gasteiger partial charge in [-0.25, -0.2) is 4.39 Å². The van der Waals surface area contributed by atoms with Gasteiger partial charge >= 0.3 is 0 Å². The number of benzene rings is 2. The third-order valence-corrected chi connectivity index (χ3v) is 4.57. The Morgan fingerprint density at radius 3 is 2.80 bits per heavy atom. The van der Waals surface area contributed by atoms with Gasteiger partial charge in [-0.2, -0.15) is 10.4 Å². The summed E-state index contributed by atoms with van der Waals surface area (Å²) >= 11 is 5.90. The van der Waals surface area contributed by atoms with E-state index >= 15 is 0 Å². The second-order valence-electron chi connectivity index (χ2n) is 6.04. The third kappa shape index (κ3) is 3.52. The first kappa shape index (κ1) is 17.4. The zero-order valence-corrected chi connectivity index (χ0v) is 14.8. The fourth-order valence-electron chi connectivity index (χ4n) is 3.23. The molecule has 1 heterocycles. The maximum Gasteiger partial charge on any atom is 0.128 e. The summed E-state index contributed by atoms with van der Waals surface area (Å²) in [5, 5.41) is 15.2. The zero-order chi connectivity index (χ0) is 17.8. The Morgan fingerprint density at radius 2 is 2.08 bits per heavy atom. The van der Waals surface area contributed by atoms with Gasteiger partial charge in [0.15, 0.2) is 0 Å². The molecule has 1 aromatic heterocycles. The molecule has 0 saturated heterocycles. The van der Waals surface area contributed by atoms with Gasteiger partial charge in [-0.05, 0) is 36.6 Å². The molecule has 25 heavy (non-hydrogen) atoms. The first-order valence-electron chi connectivity index (χ1n) is 8.43. The van der Waals surface area contributed by atoms with Gasteiger partial charge in [0.1, 0.15) is 5.82 Å². The number of aromatic nitrogens is 2. The number of aryl methyl sites for hydroxylation is 1. The molecule has 0 bridgehead atoms. The van der Waals surface area contributed by atoms with Crippen LogP contribution in [-0.4, -0.2) is 9.78 Å². The molecule has 0 radical (unpaired) electrons. The van der Waals surface area contributed by atoms with Crippen molar-refractivity contribution in [3.63, 3.8) is 0 Å². The van der Waals surface area contributed by atoms with Crippen LogP contribution in [0.4, 0.5) is 4.39 Å². The van der Waals surface area contributed by atoms with Crippen molar-refractivity contribution in [2.45, 2.75) is 38.6 Å². The number of fused-ring (bicyclic) bond motifs is 1. The summed E-state index contributed by atoms with van der Waals surface area (Å²) in [4.78, 5) is 0. The van der Waals surface area contributed by atoms with Crippen LogP contribution in [-0.2, 0) is 6.54 Å². The average molecular weight is 356 g/mol. The van der Waals surface area contributed by atoms with E-state index in [0.29, 0.717) is 23.4 Å². The zero-order valence-electron chi connectivity index (χ0n) is 14.0. The van der Waals surface area contributed by atoms with E-state index in [-0.39, 0.29) is 11.7 Å². The van der Waals surface area contributed by atoms with Crippen LogP contribution in [0, 0.1) is 17.1 Å². The molecule has 0 N–H and O–H groups in total. The largest absolute Gasteiger partial charge is 0.265 e. The Hall–Kier alpha value is -2.38. The number of rotatable bonds is 6. The van der Waals surface area contributed by atoms with Gasteiger partial charge in [0.25, 0.3) is 0 Å². The van der Waals surface area contributed by atoms with Gasteiger partial charge in [-0.15, -0.1) is 0 Å². The molecule has 3 nitrogen and oxygen atoms in total.